The smallest absolute Gasteiger partial charge is 0.268 e. The molecule has 0 saturated heterocycles. The first-order valence-corrected chi connectivity index (χ1v) is 11.3. The highest BCUT2D eigenvalue weighted by atomic mass is 35.5. The van der Waals surface area contributed by atoms with Crippen molar-refractivity contribution in [2.24, 2.45) is 0 Å². The lowest BCUT2D eigenvalue weighted by Crippen LogP contribution is -2.12. The predicted octanol–water partition coefficient (Wildman–Crippen LogP) is 5.26. The van der Waals surface area contributed by atoms with Gasteiger partial charge in [-0.15, -0.1) is 12.4 Å². The van der Waals surface area contributed by atoms with Crippen molar-refractivity contribution >= 4 is 56.4 Å². The third-order valence-electron chi connectivity index (χ3n) is 4.87. The van der Waals surface area contributed by atoms with Crippen LogP contribution in [0.3, 0.4) is 0 Å². The van der Waals surface area contributed by atoms with Crippen LogP contribution in [0.2, 0.25) is 5.02 Å². The van der Waals surface area contributed by atoms with Crippen LogP contribution in [0.5, 0.6) is 0 Å². The molecule has 0 amide bonds. The van der Waals surface area contributed by atoms with E-state index in [1.54, 1.807) is 25.4 Å². The van der Waals surface area contributed by atoms with Crippen molar-refractivity contribution in [3.8, 4) is 0 Å². The van der Waals surface area contributed by atoms with Crippen LogP contribution in [0.1, 0.15) is 11.1 Å². The molecule has 6 nitrogen and oxygen atoms in total. The largest absolute Gasteiger partial charge is 0.354 e. The molecule has 0 bridgehead atoms. The molecule has 0 aliphatic carbocycles. The quantitative estimate of drug-likeness (QED) is 0.382. The second-order valence-corrected chi connectivity index (χ2v) is 9.37. The predicted molar refractivity (Wildman–Crippen MR) is 128 cm³/mol. The van der Waals surface area contributed by atoms with E-state index in [0.717, 1.165) is 21.3 Å². The van der Waals surface area contributed by atoms with Gasteiger partial charge in [0.05, 0.1) is 27.8 Å². The molecular formula is C22H21Cl2FN4O2S. The maximum absolute atomic E-state index is 13.7. The summed E-state index contributed by atoms with van der Waals surface area (Å²) in [4.78, 5) is 4.37. The summed E-state index contributed by atoms with van der Waals surface area (Å²) in [7, 11) is -2.26. The number of hydrogen-bond donors (Lipinski definition) is 2. The highest BCUT2D eigenvalue weighted by molar-refractivity contribution is 7.90. The molecule has 0 saturated carbocycles. The van der Waals surface area contributed by atoms with Crippen LogP contribution in [-0.2, 0) is 16.6 Å². The maximum atomic E-state index is 13.7. The molecule has 4 rings (SSSR count). The second kappa shape index (κ2) is 9.46. The molecule has 10 heteroatoms. The number of nitrogens with one attached hydrogen (secondary N) is 2. The fraction of sp³-hybridized carbons (Fsp3) is 0.136. The van der Waals surface area contributed by atoms with Gasteiger partial charge in [-0.2, -0.15) is 0 Å². The highest BCUT2D eigenvalue weighted by Crippen LogP contribution is 2.29. The molecule has 0 radical (unpaired) electrons. The Morgan fingerprint density at radius 2 is 1.94 bits per heavy atom. The molecule has 32 heavy (non-hydrogen) atoms. The molecule has 0 atom stereocenters. The number of fused-ring (bicyclic) bond motifs is 1. The number of hydrogen-bond acceptors (Lipinski definition) is 5. The lowest BCUT2D eigenvalue weighted by Gasteiger charge is -2.11. The van der Waals surface area contributed by atoms with E-state index < -0.39 is 15.8 Å². The normalized spacial score (nSPS) is 11.4. The molecule has 0 unspecified atom stereocenters. The maximum Gasteiger partial charge on any atom is 0.268 e. The summed E-state index contributed by atoms with van der Waals surface area (Å²) >= 11 is 6.03. The summed E-state index contributed by atoms with van der Waals surface area (Å²) in [6.45, 7) is 2.35. The zero-order chi connectivity index (χ0) is 22.2. The van der Waals surface area contributed by atoms with Gasteiger partial charge in [0.15, 0.2) is 0 Å². The molecule has 4 aromatic rings. The minimum absolute atomic E-state index is 0. The summed E-state index contributed by atoms with van der Waals surface area (Å²) in [5.41, 5.74) is 4.03. The number of halogens is 3. The standard InChI is InChI=1S/C22H20ClFN4O2S.ClH/c1-14-8-16(23)6-7-20(14)27-18-10-21-22(26-12-18)15(11-25-2)13-28(21)31(29,30)19-5-3-4-17(24)9-19;/h3-10,12-13,25,27H,11H2,1-2H3;1H. The average molecular weight is 495 g/mol. The van der Waals surface area contributed by atoms with Gasteiger partial charge in [-0.3, -0.25) is 4.98 Å². The van der Waals surface area contributed by atoms with Gasteiger partial charge in [0.25, 0.3) is 10.0 Å². The van der Waals surface area contributed by atoms with Gasteiger partial charge in [-0.1, -0.05) is 17.7 Å². The molecule has 2 aromatic carbocycles. The fourth-order valence-electron chi connectivity index (χ4n) is 3.39. The van der Waals surface area contributed by atoms with Gasteiger partial charge in [0.1, 0.15) is 5.82 Å². The van der Waals surface area contributed by atoms with Crippen molar-refractivity contribution < 1.29 is 12.8 Å². The van der Waals surface area contributed by atoms with Crippen LogP contribution in [0, 0.1) is 12.7 Å². The second-order valence-electron chi connectivity index (χ2n) is 7.12. The zero-order valence-electron chi connectivity index (χ0n) is 17.3. The Balaban J connectivity index is 0.00000289. The van der Waals surface area contributed by atoms with E-state index in [1.807, 2.05) is 19.1 Å². The highest BCUT2D eigenvalue weighted by Gasteiger charge is 2.22. The molecule has 2 aromatic heterocycles. The van der Waals surface area contributed by atoms with Crippen LogP contribution >= 0.6 is 24.0 Å². The van der Waals surface area contributed by atoms with Crippen molar-refractivity contribution in [2.75, 3.05) is 12.4 Å². The summed E-state index contributed by atoms with van der Waals surface area (Å²) in [5, 5.41) is 6.90. The Hall–Kier alpha value is -2.65. The van der Waals surface area contributed by atoms with Crippen LogP contribution in [-0.4, -0.2) is 24.4 Å². The van der Waals surface area contributed by atoms with Crippen molar-refractivity contribution in [1.82, 2.24) is 14.3 Å². The molecule has 2 heterocycles. The Morgan fingerprint density at radius 3 is 2.62 bits per heavy atom. The minimum Gasteiger partial charge on any atom is -0.354 e. The summed E-state index contributed by atoms with van der Waals surface area (Å²) in [5.74, 6) is -0.619. The molecular weight excluding hydrogens is 474 g/mol. The van der Waals surface area contributed by atoms with E-state index in [-0.39, 0.29) is 17.3 Å². The van der Waals surface area contributed by atoms with Crippen molar-refractivity contribution in [2.45, 2.75) is 18.4 Å². The van der Waals surface area contributed by atoms with Crippen LogP contribution in [0.25, 0.3) is 11.0 Å². The van der Waals surface area contributed by atoms with Gasteiger partial charge in [0.2, 0.25) is 0 Å². The number of nitrogens with zero attached hydrogens (tertiary/aromatic N) is 2. The SMILES string of the molecule is CNCc1cn(S(=O)(=O)c2cccc(F)c2)c2cc(Nc3ccc(Cl)cc3C)cnc12.Cl. The molecule has 0 aliphatic rings. The van der Waals surface area contributed by atoms with Gasteiger partial charge in [-0.05, 0) is 62.0 Å². The van der Waals surface area contributed by atoms with E-state index in [1.165, 1.54) is 24.4 Å². The number of rotatable bonds is 6. The van der Waals surface area contributed by atoms with E-state index in [0.29, 0.717) is 33.9 Å². The van der Waals surface area contributed by atoms with Gasteiger partial charge in [0, 0.05) is 29.0 Å². The topological polar surface area (TPSA) is 76.0 Å². The third-order valence-corrected chi connectivity index (χ3v) is 6.77. The first kappa shape index (κ1) is 24.0. The van der Waals surface area contributed by atoms with Crippen molar-refractivity contribution in [3.05, 3.63) is 82.9 Å². The molecule has 168 valence electrons. The lowest BCUT2D eigenvalue weighted by atomic mass is 10.2. The van der Waals surface area contributed by atoms with E-state index >= 15 is 0 Å². The molecule has 2 N–H and O–H groups in total. The number of benzene rings is 2. The zero-order valence-corrected chi connectivity index (χ0v) is 19.7. The number of aromatic nitrogens is 2. The average Bonchev–Trinajstić information content (AvgIpc) is 3.09. The summed E-state index contributed by atoms with van der Waals surface area (Å²) in [6.07, 6.45) is 3.17. The Morgan fingerprint density at radius 1 is 1.16 bits per heavy atom. The Labute approximate surface area is 196 Å². The molecule has 0 fully saturated rings. The third kappa shape index (κ3) is 4.59. The van der Waals surface area contributed by atoms with Crippen molar-refractivity contribution in [3.63, 3.8) is 0 Å². The Bertz CT molecular complexity index is 1390. The van der Waals surface area contributed by atoms with Gasteiger partial charge >= 0.3 is 0 Å². The molecule has 0 aliphatic heterocycles. The summed E-state index contributed by atoms with van der Waals surface area (Å²) in [6, 6.07) is 12.1. The van der Waals surface area contributed by atoms with Gasteiger partial charge < -0.3 is 10.6 Å². The van der Waals surface area contributed by atoms with Crippen molar-refractivity contribution in [1.29, 1.82) is 0 Å². The first-order valence-electron chi connectivity index (χ1n) is 9.48. The van der Waals surface area contributed by atoms with E-state index in [4.69, 9.17) is 11.6 Å². The summed E-state index contributed by atoms with van der Waals surface area (Å²) < 4.78 is 41.4. The Kier molecular flexibility index (Phi) is 7.09. The van der Waals surface area contributed by atoms with Crippen LogP contribution in [0.4, 0.5) is 15.8 Å². The van der Waals surface area contributed by atoms with Crippen LogP contribution < -0.4 is 10.6 Å². The van der Waals surface area contributed by atoms with Crippen LogP contribution in [0.15, 0.2) is 65.8 Å². The number of aryl methyl sites for hydroxylation is 1. The number of pyridine rings is 1. The van der Waals surface area contributed by atoms with Gasteiger partial charge in [-0.25, -0.2) is 16.8 Å². The monoisotopic (exact) mass is 494 g/mol. The fourth-order valence-corrected chi connectivity index (χ4v) is 5.02. The minimum atomic E-state index is -4.03. The van der Waals surface area contributed by atoms with E-state index in [9.17, 15) is 12.8 Å². The first-order chi connectivity index (χ1) is 14.8. The van der Waals surface area contributed by atoms with E-state index in [2.05, 4.69) is 15.6 Å². The molecule has 0 spiro atoms. The lowest BCUT2D eigenvalue weighted by molar-refractivity contribution is 0.584. The number of anilines is 2.